The molecule has 6 nitrogen and oxygen atoms in total. The molecule has 0 atom stereocenters. The fourth-order valence-corrected chi connectivity index (χ4v) is 3.79. The number of carbonyl (C=O) groups is 2. The molecule has 1 aromatic rings. The number of rotatable bonds is 6. The normalized spacial score (nSPS) is 16.3. The quantitative estimate of drug-likeness (QED) is 0.513. The fourth-order valence-electron chi connectivity index (χ4n) is 3.79. The zero-order chi connectivity index (χ0) is 22.9. The Morgan fingerprint density at radius 1 is 1.23 bits per heavy atom. The maximum Gasteiger partial charge on any atom is 0.391 e. The molecule has 0 saturated heterocycles. The molecule has 31 heavy (non-hydrogen) atoms. The minimum Gasteiger partial charge on any atom is -0.508 e. The summed E-state index contributed by atoms with van der Waals surface area (Å²) in [6.45, 7) is 3.35. The van der Waals surface area contributed by atoms with Gasteiger partial charge in [0.05, 0.1) is 25.5 Å². The van der Waals surface area contributed by atoms with Gasteiger partial charge >= 0.3 is 12.1 Å². The predicted octanol–water partition coefficient (Wildman–Crippen LogP) is 3.95. The van der Waals surface area contributed by atoms with Crippen LogP contribution in [0.2, 0.25) is 0 Å². The maximum atomic E-state index is 12.1. The van der Waals surface area contributed by atoms with Crippen molar-refractivity contribution in [2.75, 3.05) is 31.1 Å². The van der Waals surface area contributed by atoms with Crippen LogP contribution in [0.5, 0.6) is 5.75 Å². The van der Waals surface area contributed by atoms with Crippen molar-refractivity contribution in [3.8, 4) is 5.75 Å². The van der Waals surface area contributed by atoms with Crippen molar-refractivity contribution in [2.24, 2.45) is 5.92 Å². The van der Waals surface area contributed by atoms with E-state index < -0.39 is 12.1 Å². The van der Waals surface area contributed by atoms with Gasteiger partial charge in [-0.3, -0.25) is 9.59 Å². The SMILES string of the molecule is CCOC(=O)CCNCC(=O)N1CCc2cc(O)ccc21.FC(F)(F)C1CCCCC1. The lowest BCUT2D eigenvalue weighted by molar-refractivity contribution is -0.181. The van der Waals surface area contributed by atoms with Crippen LogP contribution in [0.4, 0.5) is 18.9 Å². The van der Waals surface area contributed by atoms with Gasteiger partial charge in [-0.25, -0.2) is 0 Å². The minimum absolute atomic E-state index is 0.0386. The van der Waals surface area contributed by atoms with Crippen molar-refractivity contribution in [1.29, 1.82) is 0 Å². The number of ether oxygens (including phenoxy) is 1. The molecular formula is C22H31F3N2O4. The lowest BCUT2D eigenvalue weighted by atomic mass is 9.89. The first-order valence-corrected chi connectivity index (χ1v) is 10.8. The van der Waals surface area contributed by atoms with Gasteiger partial charge in [-0.2, -0.15) is 13.2 Å². The van der Waals surface area contributed by atoms with Gasteiger partial charge in [-0.15, -0.1) is 0 Å². The number of benzene rings is 1. The topological polar surface area (TPSA) is 78.9 Å². The molecule has 0 aromatic heterocycles. The summed E-state index contributed by atoms with van der Waals surface area (Å²) < 4.78 is 40.6. The number of halogens is 3. The smallest absolute Gasteiger partial charge is 0.391 e. The number of hydrogen-bond donors (Lipinski definition) is 2. The fraction of sp³-hybridized carbons (Fsp3) is 0.636. The van der Waals surface area contributed by atoms with Crippen molar-refractivity contribution < 1.29 is 32.6 Å². The van der Waals surface area contributed by atoms with E-state index in [0.717, 1.165) is 36.9 Å². The van der Waals surface area contributed by atoms with Gasteiger partial charge in [0.2, 0.25) is 5.91 Å². The largest absolute Gasteiger partial charge is 0.508 e. The molecule has 1 saturated carbocycles. The second-order valence-electron chi connectivity index (χ2n) is 7.72. The highest BCUT2D eigenvalue weighted by molar-refractivity contribution is 5.96. The summed E-state index contributed by atoms with van der Waals surface area (Å²) in [5.74, 6) is -1.08. The number of hydrogen-bond acceptors (Lipinski definition) is 5. The molecule has 1 aromatic carbocycles. The zero-order valence-corrected chi connectivity index (χ0v) is 17.8. The number of amides is 1. The number of anilines is 1. The number of aromatic hydroxyl groups is 1. The van der Waals surface area contributed by atoms with E-state index in [1.165, 1.54) is 0 Å². The molecule has 2 N–H and O–H groups in total. The Bertz CT molecular complexity index is 734. The molecule has 1 amide bonds. The van der Waals surface area contributed by atoms with E-state index in [1.54, 1.807) is 30.0 Å². The van der Waals surface area contributed by atoms with Crippen molar-refractivity contribution >= 4 is 17.6 Å². The van der Waals surface area contributed by atoms with Gasteiger partial charge in [0, 0.05) is 18.8 Å². The highest BCUT2D eigenvalue weighted by Gasteiger charge is 2.39. The number of alkyl halides is 3. The van der Waals surface area contributed by atoms with Gasteiger partial charge < -0.3 is 20.1 Å². The molecule has 1 aliphatic carbocycles. The van der Waals surface area contributed by atoms with E-state index in [1.807, 2.05) is 0 Å². The number of phenolic OH excluding ortho intramolecular Hbond substituents is 1. The van der Waals surface area contributed by atoms with Crippen molar-refractivity contribution in [3.63, 3.8) is 0 Å². The first-order chi connectivity index (χ1) is 14.7. The molecule has 1 heterocycles. The van der Waals surface area contributed by atoms with Crippen molar-refractivity contribution in [1.82, 2.24) is 5.32 Å². The summed E-state index contributed by atoms with van der Waals surface area (Å²) in [6.07, 6.45) is 0.262. The highest BCUT2D eigenvalue weighted by atomic mass is 19.4. The number of fused-ring (bicyclic) bond motifs is 1. The van der Waals surface area contributed by atoms with Gasteiger partial charge in [-0.1, -0.05) is 19.3 Å². The van der Waals surface area contributed by atoms with Gasteiger partial charge in [0.15, 0.2) is 0 Å². The zero-order valence-electron chi connectivity index (χ0n) is 17.8. The Kier molecular flexibility index (Phi) is 9.61. The molecule has 0 unspecified atom stereocenters. The Labute approximate surface area is 180 Å². The lowest BCUT2D eigenvalue weighted by Crippen LogP contribution is -2.37. The molecule has 9 heteroatoms. The van der Waals surface area contributed by atoms with Crippen LogP contribution in [0.3, 0.4) is 0 Å². The van der Waals surface area contributed by atoms with Crippen molar-refractivity contribution in [3.05, 3.63) is 23.8 Å². The van der Waals surface area contributed by atoms with Crippen LogP contribution in [0.25, 0.3) is 0 Å². The third kappa shape index (κ3) is 8.05. The van der Waals surface area contributed by atoms with E-state index in [9.17, 15) is 27.9 Å². The monoisotopic (exact) mass is 444 g/mol. The van der Waals surface area contributed by atoms with Crippen LogP contribution < -0.4 is 10.2 Å². The highest BCUT2D eigenvalue weighted by Crippen LogP contribution is 2.37. The van der Waals surface area contributed by atoms with E-state index in [4.69, 9.17) is 4.74 Å². The lowest BCUT2D eigenvalue weighted by Gasteiger charge is -2.23. The molecular weight excluding hydrogens is 413 g/mol. The second kappa shape index (κ2) is 11.9. The number of carbonyl (C=O) groups excluding carboxylic acids is 2. The maximum absolute atomic E-state index is 12.1. The van der Waals surface area contributed by atoms with Gasteiger partial charge in [0.1, 0.15) is 5.75 Å². The Balaban J connectivity index is 0.000000285. The average Bonchev–Trinajstić information content (AvgIpc) is 3.15. The molecule has 1 aliphatic heterocycles. The molecule has 0 spiro atoms. The van der Waals surface area contributed by atoms with Crippen molar-refractivity contribution in [2.45, 2.75) is 58.0 Å². The van der Waals surface area contributed by atoms with Crippen LogP contribution in [0.1, 0.15) is 51.0 Å². The molecule has 3 rings (SSSR count). The number of nitrogens with zero attached hydrogens (tertiary/aromatic N) is 1. The number of phenols is 1. The summed E-state index contributed by atoms with van der Waals surface area (Å²) >= 11 is 0. The summed E-state index contributed by atoms with van der Waals surface area (Å²) in [5.41, 5.74) is 1.83. The van der Waals surface area contributed by atoms with E-state index in [-0.39, 0.29) is 30.6 Å². The van der Waals surface area contributed by atoms with Crippen LogP contribution in [-0.4, -0.2) is 49.4 Å². The molecule has 2 aliphatic rings. The number of esters is 1. The number of nitrogens with one attached hydrogen (secondary N) is 1. The molecule has 0 bridgehead atoms. The average molecular weight is 444 g/mol. The molecule has 0 radical (unpaired) electrons. The van der Waals surface area contributed by atoms with E-state index in [0.29, 0.717) is 32.5 Å². The van der Waals surface area contributed by atoms with E-state index >= 15 is 0 Å². The summed E-state index contributed by atoms with van der Waals surface area (Å²) in [7, 11) is 0. The van der Waals surface area contributed by atoms with Crippen LogP contribution in [0, 0.1) is 5.92 Å². The first kappa shape index (κ1) is 25.0. The summed E-state index contributed by atoms with van der Waals surface area (Å²) in [6, 6.07) is 5.03. The predicted molar refractivity (Wildman–Crippen MR) is 111 cm³/mol. The van der Waals surface area contributed by atoms with Crippen LogP contribution >= 0.6 is 0 Å². The standard InChI is InChI=1S/C15H20N2O4.C7H11F3/c1-2-21-15(20)5-7-16-10-14(19)17-8-6-11-9-12(18)3-4-13(11)17;8-7(9,10)6-4-2-1-3-5-6/h3-4,9,16,18H,2,5-8,10H2,1H3;6H,1-5H2. The summed E-state index contributed by atoms with van der Waals surface area (Å²) in [5, 5.41) is 12.4. The van der Waals surface area contributed by atoms with E-state index in [2.05, 4.69) is 5.32 Å². The minimum atomic E-state index is -3.93. The Morgan fingerprint density at radius 3 is 2.55 bits per heavy atom. The molecule has 1 fully saturated rings. The van der Waals surface area contributed by atoms with Gasteiger partial charge in [-0.05, 0) is 49.9 Å². The Morgan fingerprint density at radius 2 is 1.94 bits per heavy atom. The van der Waals surface area contributed by atoms with Crippen LogP contribution in [0.15, 0.2) is 18.2 Å². The van der Waals surface area contributed by atoms with Crippen LogP contribution in [-0.2, 0) is 20.7 Å². The first-order valence-electron chi connectivity index (χ1n) is 10.8. The second-order valence-corrected chi connectivity index (χ2v) is 7.72. The van der Waals surface area contributed by atoms with Gasteiger partial charge in [0.25, 0.3) is 0 Å². The third-order valence-electron chi connectivity index (χ3n) is 5.42. The third-order valence-corrected chi connectivity index (χ3v) is 5.42. The summed E-state index contributed by atoms with van der Waals surface area (Å²) in [4.78, 5) is 25.0. The Hall–Kier alpha value is -2.29. The molecule has 174 valence electrons.